The number of benzene rings is 1. The van der Waals surface area contributed by atoms with E-state index in [1.54, 1.807) is 35.2 Å². The summed E-state index contributed by atoms with van der Waals surface area (Å²) in [4.78, 5) is 13.7. The molecule has 2 fully saturated rings. The molecule has 5 nitrogen and oxygen atoms in total. The van der Waals surface area contributed by atoms with E-state index in [2.05, 4.69) is 33.3 Å². The van der Waals surface area contributed by atoms with Gasteiger partial charge in [0.1, 0.15) is 10.6 Å². The van der Waals surface area contributed by atoms with Gasteiger partial charge in [-0.15, -0.1) is 22.7 Å². The van der Waals surface area contributed by atoms with Crippen molar-refractivity contribution in [3.63, 3.8) is 0 Å². The molecule has 3 aromatic heterocycles. The Hall–Kier alpha value is -2.13. The minimum Gasteiger partial charge on any atom is -0.379 e. The number of hydrogen-bond acceptors (Lipinski definition) is 7. The second-order valence-corrected chi connectivity index (χ2v) is 10.1. The standard InChI is InChI=1S/C22H21FN4OS2/c1-27-6-3-14(22(27)4-7-28-11-22)19-8-13-16(2-5-24-21(13)30-19)26-17-10-18-20(9-15(17)23)29-12-25-18/h2,5,8-10,12,14H,3-4,6-7,11H2,1H3,(H,24,26)/t14-,22+/m1/s1. The maximum Gasteiger partial charge on any atom is 0.148 e. The fourth-order valence-electron chi connectivity index (χ4n) is 4.99. The smallest absolute Gasteiger partial charge is 0.148 e. The van der Waals surface area contributed by atoms with Gasteiger partial charge in [0, 0.05) is 29.0 Å². The minimum atomic E-state index is -0.272. The van der Waals surface area contributed by atoms with Gasteiger partial charge in [0.05, 0.1) is 39.2 Å². The lowest BCUT2D eigenvalue weighted by atomic mass is 9.83. The number of nitrogens with zero attached hydrogens (tertiary/aromatic N) is 3. The van der Waals surface area contributed by atoms with E-state index in [4.69, 9.17) is 4.74 Å². The van der Waals surface area contributed by atoms with Gasteiger partial charge in [-0.05, 0) is 50.7 Å². The molecule has 0 radical (unpaired) electrons. The van der Waals surface area contributed by atoms with Crippen LogP contribution in [0.5, 0.6) is 0 Å². The average Bonchev–Trinajstić information content (AvgIpc) is 3.51. The van der Waals surface area contributed by atoms with Gasteiger partial charge in [-0.1, -0.05) is 0 Å². The molecule has 4 aromatic rings. The molecule has 0 amide bonds. The van der Waals surface area contributed by atoms with Crippen LogP contribution >= 0.6 is 22.7 Å². The number of nitrogens with one attached hydrogen (secondary N) is 1. The summed E-state index contributed by atoms with van der Waals surface area (Å²) >= 11 is 3.20. The van der Waals surface area contributed by atoms with Crippen molar-refractivity contribution in [3.8, 4) is 0 Å². The lowest BCUT2D eigenvalue weighted by molar-refractivity contribution is 0.111. The summed E-state index contributed by atoms with van der Waals surface area (Å²) < 4.78 is 21.3. The molecule has 0 unspecified atom stereocenters. The topological polar surface area (TPSA) is 50.3 Å². The maximum atomic E-state index is 14.7. The first-order valence-electron chi connectivity index (χ1n) is 10.1. The Morgan fingerprint density at radius 1 is 1.27 bits per heavy atom. The first kappa shape index (κ1) is 18.6. The summed E-state index contributed by atoms with van der Waals surface area (Å²) in [6.45, 7) is 2.70. The van der Waals surface area contributed by atoms with Crippen LogP contribution in [0.4, 0.5) is 15.8 Å². The maximum absolute atomic E-state index is 14.7. The Morgan fingerprint density at radius 2 is 2.20 bits per heavy atom. The normalized spacial score (nSPS) is 24.5. The highest BCUT2D eigenvalue weighted by Gasteiger charge is 2.50. The van der Waals surface area contributed by atoms with Gasteiger partial charge in [-0.2, -0.15) is 0 Å². The lowest BCUT2D eigenvalue weighted by Crippen LogP contribution is -2.45. The van der Waals surface area contributed by atoms with Crippen molar-refractivity contribution < 1.29 is 9.13 Å². The summed E-state index contributed by atoms with van der Waals surface area (Å²) in [5, 5.41) is 4.33. The van der Waals surface area contributed by atoms with Crippen molar-refractivity contribution >= 4 is 54.5 Å². The Bertz CT molecular complexity index is 1250. The first-order chi connectivity index (χ1) is 14.6. The van der Waals surface area contributed by atoms with Crippen LogP contribution in [0.25, 0.3) is 20.4 Å². The van der Waals surface area contributed by atoms with E-state index >= 15 is 0 Å². The van der Waals surface area contributed by atoms with Crippen molar-refractivity contribution in [2.45, 2.75) is 24.3 Å². The third-order valence-corrected chi connectivity index (χ3v) is 8.63. The zero-order chi connectivity index (χ0) is 20.3. The highest BCUT2D eigenvalue weighted by Crippen LogP contribution is 2.49. The predicted octanol–water partition coefficient (Wildman–Crippen LogP) is 5.37. The van der Waals surface area contributed by atoms with Crippen LogP contribution in [0.2, 0.25) is 0 Å². The predicted molar refractivity (Wildman–Crippen MR) is 121 cm³/mol. The zero-order valence-electron chi connectivity index (χ0n) is 16.5. The molecule has 2 aliphatic rings. The van der Waals surface area contributed by atoms with Gasteiger partial charge in [0.25, 0.3) is 0 Å². The Balaban J connectivity index is 1.39. The number of anilines is 2. The fourth-order valence-corrected chi connectivity index (χ4v) is 6.95. The number of pyridine rings is 1. The molecular weight excluding hydrogens is 419 g/mol. The summed E-state index contributed by atoms with van der Waals surface area (Å²) in [6, 6.07) is 7.49. The number of thiophene rings is 1. The molecule has 6 rings (SSSR count). The number of likely N-dealkylation sites (tertiary alicyclic amines) is 1. The number of ether oxygens (including phenoxy) is 1. The lowest BCUT2D eigenvalue weighted by Gasteiger charge is -2.35. The van der Waals surface area contributed by atoms with E-state index in [1.165, 1.54) is 16.2 Å². The average molecular weight is 441 g/mol. The van der Waals surface area contributed by atoms with Crippen molar-refractivity contribution in [2.75, 3.05) is 32.1 Å². The molecule has 2 saturated heterocycles. The van der Waals surface area contributed by atoms with Crippen LogP contribution in [0.3, 0.4) is 0 Å². The van der Waals surface area contributed by atoms with E-state index < -0.39 is 0 Å². The number of thiazole rings is 1. The Kier molecular flexibility index (Phi) is 4.31. The van der Waals surface area contributed by atoms with Crippen molar-refractivity contribution in [3.05, 3.63) is 46.7 Å². The molecule has 0 bridgehead atoms. The minimum absolute atomic E-state index is 0.0935. The van der Waals surface area contributed by atoms with Gasteiger partial charge < -0.3 is 10.1 Å². The van der Waals surface area contributed by atoms with Crippen LogP contribution in [0, 0.1) is 5.82 Å². The summed E-state index contributed by atoms with van der Waals surface area (Å²) in [5.41, 5.74) is 3.95. The Morgan fingerprint density at radius 3 is 3.07 bits per heavy atom. The number of rotatable bonds is 3. The third-order valence-electron chi connectivity index (χ3n) is 6.68. The molecule has 154 valence electrons. The molecule has 1 aromatic carbocycles. The monoisotopic (exact) mass is 440 g/mol. The second kappa shape index (κ2) is 6.95. The van der Waals surface area contributed by atoms with Crippen LogP contribution < -0.4 is 5.32 Å². The molecule has 1 spiro atoms. The number of hydrogen-bond donors (Lipinski definition) is 1. The molecule has 5 heterocycles. The number of likely N-dealkylation sites (N-methyl/N-ethyl adjacent to an activating group) is 1. The van der Waals surface area contributed by atoms with E-state index in [-0.39, 0.29) is 11.4 Å². The molecule has 0 saturated carbocycles. The van der Waals surface area contributed by atoms with Gasteiger partial charge >= 0.3 is 0 Å². The highest BCUT2D eigenvalue weighted by molar-refractivity contribution is 7.18. The highest BCUT2D eigenvalue weighted by atomic mass is 32.1. The van der Waals surface area contributed by atoms with Crippen molar-refractivity contribution in [1.82, 2.24) is 14.9 Å². The van der Waals surface area contributed by atoms with Crippen LogP contribution in [0.1, 0.15) is 23.6 Å². The van der Waals surface area contributed by atoms with Gasteiger partial charge in [0.15, 0.2) is 0 Å². The van der Waals surface area contributed by atoms with Crippen LogP contribution in [-0.2, 0) is 4.74 Å². The van der Waals surface area contributed by atoms with Crippen LogP contribution in [0.15, 0.2) is 36.0 Å². The molecule has 30 heavy (non-hydrogen) atoms. The largest absolute Gasteiger partial charge is 0.379 e. The van der Waals surface area contributed by atoms with Crippen LogP contribution in [-0.4, -0.2) is 47.2 Å². The van der Waals surface area contributed by atoms with E-state index in [1.807, 2.05) is 6.07 Å². The van der Waals surface area contributed by atoms with E-state index in [9.17, 15) is 4.39 Å². The van der Waals surface area contributed by atoms with Crippen molar-refractivity contribution in [2.24, 2.45) is 0 Å². The van der Waals surface area contributed by atoms with Gasteiger partial charge in [-0.3, -0.25) is 4.90 Å². The zero-order valence-corrected chi connectivity index (χ0v) is 18.2. The third kappa shape index (κ3) is 2.78. The number of halogens is 1. The Labute approximate surface area is 181 Å². The fraction of sp³-hybridized carbons (Fsp3) is 0.364. The molecule has 1 N–H and O–H groups in total. The molecule has 2 atom stereocenters. The first-order valence-corrected chi connectivity index (χ1v) is 11.8. The molecule has 2 aliphatic heterocycles. The molecule has 8 heteroatoms. The van der Waals surface area contributed by atoms with E-state index in [0.717, 1.165) is 58.7 Å². The SMILES string of the molecule is CN1CC[C@H](c2cc3c(Nc4cc5ncsc5cc4F)ccnc3s2)[C@@]12CCOC2. The van der Waals surface area contributed by atoms with Gasteiger partial charge in [0.2, 0.25) is 0 Å². The number of fused-ring (bicyclic) bond motifs is 2. The van der Waals surface area contributed by atoms with Crippen molar-refractivity contribution in [1.29, 1.82) is 0 Å². The van der Waals surface area contributed by atoms with Gasteiger partial charge in [-0.25, -0.2) is 14.4 Å². The number of aromatic nitrogens is 2. The summed E-state index contributed by atoms with van der Waals surface area (Å²) in [5.74, 6) is 0.173. The molecular formula is C22H21FN4OS2. The second-order valence-electron chi connectivity index (χ2n) is 8.17. The quantitative estimate of drug-likeness (QED) is 0.464. The summed E-state index contributed by atoms with van der Waals surface area (Å²) in [7, 11) is 2.21. The molecule has 0 aliphatic carbocycles. The summed E-state index contributed by atoms with van der Waals surface area (Å²) in [6.07, 6.45) is 3.99. The van der Waals surface area contributed by atoms with E-state index in [0.29, 0.717) is 11.6 Å².